The fourth-order valence-corrected chi connectivity index (χ4v) is 4.29. The van der Waals surface area contributed by atoms with E-state index in [0.29, 0.717) is 0 Å². The Morgan fingerprint density at radius 2 is 1.88 bits per heavy atom. The van der Waals surface area contributed by atoms with Crippen molar-refractivity contribution < 1.29 is 9.47 Å². The molecule has 32 heavy (non-hydrogen) atoms. The standard InChI is InChI=1S/C24H31ClN4O2.HI/c1-26-24(27-10-8-18-2-7-23-20(16-18)9-13-31-23)28-17-22(29-11-14-30-15-12-29)19-3-5-21(25)6-4-19;/h2-7,16,22H,8-15,17H2,1H3,(H2,26,27,28);1H. The van der Waals surface area contributed by atoms with Crippen LogP contribution in [0.25, 0.3) is 0 Å². The maximum atomic E-state index is 6.11. The second kappa shape index (κ2) is 12.6. The van der Waals surface area contributed by atoms with Gasteiger partial charge >= 0.3 is 0 Å². The zero-order valence-corrected chi connectivity index (χ0v) is 21.6. The van der Waals surface area contributed by atoms with Crippen molar-refractivity contribution in [2.45, 2.75) is 18.9 Å². The van der Waals surface area contributed by atoms with Crippen molar-refractivity contribution in [1.82, 2.24) is 15.5 Å². The normalized spacial score (nSPS) is 17.1. The highest BCUT2D eigenvalue weighted by Crippen LogP contribution is 2.26. The molecular formula is C24H32ClIN4O2. The number of ether oxygens (including phenoxy) is 2. The summed E-state index contributed by atoms with van der Waals surface area (Å²) in [4.78, 5) is 6.87. The van der Waals surface area contributed by atoms with Crippen molar-refractivity contribution in [3.8, 4) is 5.75 Å². The fourth-order valence-electron chi connectivity index (χ4n) is 4.17. The van der Waals surface area contributed by atoms with Crippen LogP contribution < -0.4 is 15.4 Å². The van der Waals surface area contributed by atoms with Crippen LogP contribution in [0.5, 0.6) is 5.75 Å². The summed E-state index contributed by atoms with van der Waals surface area (Å²) >= 11 is 6.11. The van der Waals surface area contributed by atoms with Gasteiger partial charge in [0.1, 0.15) is 5.75 Å². The third-order valence-corrected chi connectivity index (χ3v) is 6.14. The lowest BCUT2D eigenvalue weighted by Gasteiger charge is -2.35. The topological polar surface area (TPSA) is 58.1 Å². The van der Waals surface area contributed by atoms with Crippen LogP contribution in [-0.4, -0.2) is 63.9 Å². The van der Waals surface area contributed by atoms with Gasteiger partial charge in [-0.3, -0.25) is 9.89 Å². The van der Waals surface area contributed by atoms with Crippen molar-refractivity contribution in [2.24, 2.45) is 4.99 Å². The molecular weight excluding hydrogens is 539 g/mol. The summed E-state index contributed by atoms with van der Waals surface area (Å²) in [6.07, 6.45) is 1.95. The quantitative estimate of drug-likeness (QED) is 0.302. The third kappa shape index (κ3) is 6.73. The van der Waals surface area contributed by atoms with E-state index < -0.39 is 0 Å². The first-order valence-corrected chi connectivity index (χ1v) is 11.4. The van der Waals surface area contributed by atoms with Crippen LogP contribution in [0.2, 0.25) is 5.02 Å². The molecule has 0 spiro atoms. The molecule has 0 radical (unpaired) electrons. The minimum Gasteiger partial charge on any atom is -0.493 e. The molecule has 6 nitrogen and oxygen atoms in total. The van der Waals surface area contributed by atoms with Gasteiger partial charge in [0.2, 0.25) is 0 Å². The summed E-state index contributed by atoms with van der Waals surface area (Å²) in [6.45, 7) is 5.75. The minimum absolute atomic E-state index is 0. The zero-order valence-electron chi connectivity index (χ0n) is 18.5. The predicted octanol–water partition coefficient (Wildman–Crippen LogP) is 3.67. The Hall–Kier alpha value is -1.55. The predicted molar refractivity (Wildman–Crippen MR) is 141 cm³/mol. The molecule has 2 aliphatic heterocycles. The van der Waals surface area contributed by atoms with Gasteiger partial charge in [-0.25, -0.2) is 0 Å². The molecule has 1 unspecified atom stereocenters. The van der Waals surface area contributed by atoms with Crippen LogP contribution >= 0.6 is 35.6 Å². The van der Waals surface area contributed by atoms with E-state index in [1.165, 1.54) is 16.7 Å². The number of halogens is 2. The Kier molecular flexibility index (Phi) is 9.90. The molecule has 2 aromatic rings. The molecule has 2 aromatic carbocycles. The Bertz CT molecular complexity index is 888. The fraction of sp³-hybridized carbons (Fsp3) is 0.458. The molecule has 4 rings (SSSR count). The van der Waals surface area contributed by atoms with E-state index in [2.05, 4.69) is 50.9 Å². The van der Waals surface area contributed by atoms with Gasteiger partial charge in [0.15, 0.2) is 5.96 Å². The summed E-state index contributed by atoms with van der Waals surface area (Å²) in [5, 5.41) is 7.72. The molecule has 0 bridgehead atoms. The van der Waals surface area contributed by atoms with Gasteiger partial charge in [-0.2, -0.15) is 0 Å². The molecule has 0 aromatic heterocycles. The van der Waals surface area contributed by atoms with Gasteiger partial charge in [0.25, 0.3) is 0 Å². The van der Waals surface area contributed by atoms with Crippen LogP contribution in [0.3, 0.4) is 0 Å². The monoisotopic (exact) mass is 570 g/mol. The number of guanidine groups is 1. The molecule has 174 valence electrons. The largest absolute Gasteiger partial charge is 0.493 e. The van der Waals surface area contributed by atoms with E-state index in [0.717, 1.165) is 75.6 Å². The molecule has 0 aliphatic carbocycles. The van der Waals surface area contributed by atoms with E-state index in [1.54, 1.807) is 0 Å². The highest BCUT2D eigenvalue weighted by Gasteiger charge is 2.23. The Balaban J connectivity index is 0.00000289. The third-order valence-electron chi connectivity index (χ3n) is 5.89. The lowest BCUT2D eigenvalue weighted by atomic mass is 10.0. The first-order valence-electron chi connectivity index (χ1n) is 11.0. The number of rotatable bonds is 7. The minimum atomic E-state index is 0. The van der Waals surface area contributed by atoms with Crippen LogP contribution in [0, 0.1) is 0 Å². The van der Waals surface area contributed by atoms with Crippen molar-refractivity contribution in [1.29, 1.82) is 0 Å². The molecule has 8 heteroatoms. The van der Waals surface area contributed by atoms with Gasteiger partial charge in [-0.15, -0.1) is 24.0 Å². The van der Waals surface area contributed by atoms with Crippen LogP contribution in [0.15, 0.2) is 47.5 Å². The number of aliphatic imine (C=N–C) groups is 1. The molecule has 2 aliphatic rings. The maximum absolute atomic E-state index is 6.11. The molecule has 1 atom stereocenters. The Morgan fingerprint density at radius 3 is 2.62 bits per heavy atom. The molecule has 0 amide bonds. The maximum Gasteiger partial charge on any atom is 0.191 e. The van der Waals surface area contributed by atoms with E-state index in [9.17, 15) is 0 Å². The molecule has 2 N–H and O–H groups in total. The zero-order chi connectivity index (χ0) is 21.5. The number of morpholine rings is 1. The summed E-state index contributed by atoms with van der Waals surface area (Å²) < 4.78 is 11.1. The first-order chi connectivity index (χ1) is 15.2. The van der Waals surface area contributed by atoms with Gasteiger partial charge in [0, 0.05) is 44.7 Å². The average Bonchev–Trinajstić information content (AvgIpc) is 3.28. The van der Waals surface area contributed by atoms with Crippen molar-refractivity contribution in [3.05, 3.63) is 64.2 Å². The van der Waals surface area contributed by atoms with E-state index in [4.69, 9.17) is 21.1 Å². The van der Waals surface area contributed by atoms with E-state index in [-0.39, 0.29) is 30.0 Å². The van der Waals surface area contributed by atoms with Crippen LogP contribution in [-0.2, 0) is 17.6 Å². The summed E-state index contributed by atoms with van der Waals surface area (Å²) in [7, 11) is 1.81. The number of hydrogen-bond donors (Lipinski definition) is 2. The van der Waals surface area contributed by atoms with Crippen molar-refractivity contribution >= 4 is 41.5 Å². The SMILES string of the molecule is CN=C(NCCc1ccc2c(c1)CCO2)NCC(c1ccc(Cl)cc1)N1CCOCC1.I. The molecule has 1 saturated heterocycles. The summed E-state index contributed by atoms with van der Waals surface area (Å²) in [6, 6.07) is 14.9. The average molecular weight is 571 g/mol. The molecule has 2 heterocycles. The summed E-state index contributed by atoms with van der Waals surface area (Å²) in [5.74, 6) is 1.85. The van der Waals surface area contributed by atoms with Gasteiger partial charge in [-0.1, -0.05) is 35.9 Å². The van der Waals surface area contributed by atoms with Gasteiger partial charge in [-0.05, 0) is 41.3 Å². The smallest absolute Gasteiger partial charge is 0.191 e. The Morgan fingerprint density at radius 1 is 1.09 bits per heavy atom. The van der Waals surface area contributed by atoms with Crippen molar-refractivity contribution in [3.63, 3.8) is 0 Å². The van der Waals surface area contributed by atoms with Crippen LogP contribution in [0.1, 0.15) is 22.7 Å². The number of fused-ring (bicyclic) bond motifs is 1. The second-order valence-electron chi connectivity index (χ2n) is 7.89. The lowest BCUT2D eigenvalue weighted by Crippen LogP contribution is -2.46. The van der Waals surface area contributed by atoms with Gasteiger partial charge < -0.3 is 20.1 Å². The van der Waals surface area contributed by atoms with E-state index >= 15 is 0 Å². The lowest BCUT2D eigenvalue weighted by molar-refractivity contribution is 0.0170. The number of benzene rings is 2. The highest BCUT2D eigenvalue weighted by molar-refractivity contribution is 14.0. The van der Waals surface area contributed by atoms with Crippen molar-refractivity contribution in [2.75, 3.05) is 53.0 Å². The summed E-state index contributed by atoms with van der Waals surface area (Å²) in [5.41, 5.74) is 3.88. The number of hydrogen-bond acceptors (Lipinski definition) is 4. The second-order valence-corrected chi connectivity index (χ2v) is 8.32. The first kappa shape index (κ1) is 25.1. The molecule has 0 saturated carbocycles. The van der Waals surface area contributed by atoms with Gasteiger partial charge in [0.05, 0.1) is 25.9 Å². The number of nitrogens with one attached hydrogen (secondary N) is 2. The molecule has 1 fully saturated rings. The highest BCUT2D eigenvalue weighted by atomic mass is 127. The Labute approximate surface area is 212 Å². The number of nitrogens with zero attached hydrogens (tertiary/aromatic N) is 2. The van der Waals surface area contributed by atoms with Crippen LogP contribution in [0.4, 0.5) is 0 Å². The van der Waals surface area contributed by atoms with E-state index in [1.807, 2.05) is 19.2 Å².